The number of carbonyl (C=O) groups excluding carboxylic acids is 1. The average molecular weight is 365 g/mol. The SMILES string of the molecule is O=C(Nc1ccc(N2CCCCS2(=O)=O)cc1)c1ccc(Cl)cc1. The maximum Gasteiger partial charge on any atom is 0.255 e. The van der Waals surface area contributed by atoms with E-state index in [-0.39, 0.29) is 11.7 Å². The van der Waals surface area contributed by atoms with Crippen molar-refractivity contribution in [2.24, 2.45) is 0 Å². The summed E-state index contributed by atoms with van der Waals surface area (Å²) >= 11 is 5.81. The normalized spacial score (nSPS) is 16.6. The number of carbonyl (C=O) groups is 1. The van der Waals surface area contributed by atoms with Gasteiger partial charge in [-0.3, -0.25) is 9.10 Å². The molecule has 2 aromatic carbocycles. The maximum absolute atomic E-state index is 12.2. The van der Waals surface area contributed by atoms with E-state index in [2.05, 4.69) is 5.32 Å². The van der Waals surface area contributed by atoms with Gasteiger partial charge in [0, 0.05) is 22.8 Å². The number of halogens is 1. The fraction of sp³-hybridized carbons (Fsp3) is 0.235. The molecule has 2 aromatic rings. The van der Waals surface area contributed by atoms with E-state index in [1.165, 1.54) is 4.31 Å². The van der Waals surface area contributed by atoms with E-state index in [9.17, 15) is 13.2 Å². The quantitative estimate of drug-likeness (QED) is 0.906. The highest BCUT2D eigenvalue weighted by Gasteiger charge is 2.25. The molecule has 0 aromatic heterocycles. The predicted molar refractivity (Wildman–Crippen MR) is 96.2 cm³/mol. The highest BCUT2D eigenvalue weighted by molar-refractivity contribution is 7.92. The molecule has 126 valence electrons. The van der Waals surface area contributed by atoms with E-state index in [1.54, 1.807) is 48.5 Å². The van der Waals surface area contributed by atoms with Crippen LogP contribution in [0.4, 0.5) is 11.4 Å². The molecule has 1 aliphatic heterocycles. The molecule has 0 radical (unpaired) electrons. The van der Waals surface area contributed by atoms with Crippen LogP contribution < -0.4 is 9.62 Å². The van der Waals surface area contributed by atoms with Gasteiger partial charge in [0.05, 0.1) is 11.4 Å². The van der Waals surface area contributed by atoms with Crippen LogP contribution in [0.2, 0.25) is 5.02 Å². The summed E-state index contributed by atoms with van der Waals surface area (Å²) < 4.78 is 25.6. The van der Waals surface area contributed by atoms with E-state index in [4.69, 9.17) is 11.6 Å². The molecule has 0 aliphatic carbocycles. The molecule has 1 N–H and O–H groups in total. The monoisotopic (exact) mass is 364 g/mol. The summed E-state index contributed by atoms with van der Waals surface area (Å²) in [4.78, 5) is 12.2. The van der Waals surface area contributed by atoms with Crippen molar-refractivity contribution in [3.05, 3.63) is 59.1 Å². The fourth-order valence-corrected chi connectivity index (χ4v) is 4.36. The Morgan fingerprint density at radius 2 is 1.67 bits per heavy atom. The van der Waals surface area contributed by atoms with Crippen LogP contribution in [0.15, 0.2) is 48.5 Å². The zero-order valence-electron chi connectivity index (χ0n) is 12.9. The van der Waals surface area contributed by atoms with Crippen LogP contribution in [-0.4, -0.2) is 26.6 Å². The minimum atomic E-state index is -3.23. The van der Waals surface area contributed by atoms with Crippen LogP contribution in [0.1, 0.15) is 23.2 Å². The number of hydrogen-bond donors (Lipinski definition) is 1. The van der Waals surface area contributed by atoms with E-state index < -0.39 is 10.0 Å². The summed E-state index contributed by atoms with van der Waals surface area (Å²) in [6.45, 7) is 0.499. The topological polar surface area (TPSA) is 66.5 Å². The lowest BCUT2D eigenvalue weighted by atomic mass is 10.2. The minimum Gasteiger partial charge on any atom is -0.322 e. The first-order valence-electron chi connectivity index (χ1n) is 7.63. The summed E-state index contributed by atoms with van der Waals surface area (Å²) in [5, 5.41) is 3.35. The van der Waals surface area contributed by atoms with Crippen LogP contribution >= 0.6 is 11.6 Å². The second kappa shape index (κ2) is 6.83. The summed E-state index contributed by atoms with van der Waals surface area (Å²) in [7, 11) is -3.23. The third-order valence-electron chi connectivity index (χ3n) is 3.87. The number of nitrogens with one attached hydrogen (secondary N) is 1. The number of sulfonamides is 1. The summed E-state index contributed by atoms with van der Waals surface area (Å²) in [5.74, 6) is -0.0628. The lowest BCUT2D eigenvalue weighted by molar-refractivity contribution is 0.102. The van der Waals surface area contributed by atoms with Crippen molar-refractivity contribution in [3.63, 3.8) is 0 Å². The lowest BCUT2D eigenvalue weighted by Gasteiger charge is -2.28. The summed E-state index contributed by atoms with van der Waals surface area (Å²) in [6, 6.07) is 13.4. The molecule has 1 fully saturated rings. The molecule has 0 unspecified atom stereocenters. The first-order chi connectivity index (χ1) is 11.5. The molecule has 0 atom stereocenters. The Balaban J connectivity index is 1.72. The molecule has 1 aliphatic rings. The van der Waals surface area contributed by atoms with Crippen molar-refractivity contribution < 1.29 is 13.2 Å². The highest BCUT2D eigenvalue weighted by atomic mass is 35.5. The van der Waals surface area contributed by atoms with Gasteiger partial charge in [-0.1, -0.05) is 11.6 Å². The third kappa shape index (κ3) is 3.71. The average Bonchev–Trinajstić information content (AvgIpc) is 2.56. The standard InChI is InChI=1S/C17H17ClN2O3S/c18-14-5-3-13(4-6-14)17(21)19-15-7-9-16(10-8-15)20-11-1-2-12-24(20,22)23/h3-10H,1-2,11-12H2,(H,19,21). The van der Waals surface area contributed by atoms with Crippen molar-refractivity contribution in [3.8, 4) is 0 Å². The molecule has 5 nitrogen and oxygen atoms in total. The minimum absolute atomic E-state index is 0.183. The van der Waals surface area contributed by atoms with Gasteiger partial charge in [0.15, 0.2) is 0 Å². The molecule has 1 heterocycles. The molecule has 0 spiro atoms. The number of nitrogens with zero attached hydrogens (tertiary/aromatic N) is 1. The van der Waals surface area contributed by atoms with Gasteiger partial charge in [0.25, 0.3) is 5.91 Å². The van der Waals surface area contributed by atoms with E-state index in [1.807, 2.05) is 0 Å². The van der Waals surface area contributed by atoms with Gasteiger partial charge < -0.3 is 5.32 Å². The number of anilines is 2. The van der Waals surface area contributed by atoms with E-state index in [0.29, 0.717) is 34.9 Å². The van der Waals surface area contributed by atoms with Crippen molar-refractivity contribution >= 4 is 38.9 Å². The molecule has 7 heteroatoms. The molecule has 0 bridgehead atoms. The molecule has 1 saturated heterocycles. The van der Waals surface area contributed by atoms with Gasteiger partial charge in [0.2, 0.25) is 10.0 Å². The Labute approximate surface area is 146 Å². The van der Waals surface area contributed by atoms with Crippen LogP contribution in [0.25, 0.3) is 0 Å². The maximum atomic E-state index is 12.2. The van der Waals surface area contributed by atoms with Gasteiger partial charge in [-0.25, -0.2) is 8.42 Å². The molecule has 1 amide bonds. The van der Waals surface area contributed by atoms with Crippen molar-refractivity contribution in [2.75, 3.05) is 21.9 Å². The van der Waals surface area contributed by atoms with Gasteiger partial charge in [-0.2, -0.15) is 0 Å². The lowest BCUT2D eigenvalue weighted by Crippen LogP contribution is -2.37. The molecular weight excluding hydrogens is 348 g/mol. The summed E-state index contributed by atoms with van der Waals surface area (Å²) in [5.41, 5.74) is 1.73. The van der Waals surface area contributed by atoms with Crippen molar-refractivity contribution in [2.45, 2.75) is 12.8 Å². The number of amides is 1. The van der Waals surface area contributed by atoms with Crippen molar-refractivity contribution in [1.29, 1.82) is 0 Å². The van der Waals surface area contributed by atoms with Gasteiger partial charge >= 0.3 is 0 Å². The van der Waals surface area contributed by atoms with Gasteiger partial charge in [0.1, 0.15) is 0 Å². The van der Waals surface area contributed by atoms with Crippen molar-refractivity contribution in [1.82, 2.24) is 0 Å². The Kier molecular flexibility index (Phi) is 4.78. The summed E-state index contributed by atoms with van der Waals surface area (Å²) in [6.07, 6.45) is 1.56. The Hall–Kier alpha value is -2.05. The second-order valence-electron chi connectivity index (χ2n) is 5.60. The smallest absolute Gasteiger partial charge is 0.255 e. The zero-order chi connectivity index (χ0) is 17.2. The molecule has 3 rings (SSSR count). The van der Waals surface area contributed by atoms with Gasteiger partial charge in [-0.15, -0.1) is 0 Å². The molecule has 24 heavy (non-hydrogen) atoms. The number of rotatable bonds is 3. The highest BCUT2D eigenvalue weighted by Crippen LogP contribution is 2.25. The Morgan fingerprint density at radius 1 is 1.00 bits per heavy atom. The predicted octanol–water partition coefficient (Wildman–Crippen LogP) is 3.52. The van der Waals surface area contributed by atoms with Crippen LogP contribution in [-0.2, 0) is 10.0 Å². The van der Waals surface area contributed by atoms with E-state index >= 15 is 0 Å². The largest absolute Gasteiger partial charge is 0.322 e. The first kappa shape index (κ1) is 16.8. The Bertz CT molecular complexity index is 833. The zero-order valence-corrected chi connectivity index (χ0v) is 14.5. The van der Waals surface area contributed by atoms with Crippen LogP contribution in [0, 0.1) is 0 Å². The van der Waals surface area contributed by atoms with Crippen LogP contribution in [0.3, 0.4) is 0 Å². The fourth-order valence-electron chi connectivity index (χ4n) is 2.59. The van der Waals surface area contributed by atoms with Crippen LogP contribution in [0.5, 0.6) is 0 Å². The van der Waals surface area contributed by atoms with E-state index in [0.717, 1.165) is 6.42 Å². The molecular formula is C17H17ClN2O3S. The number of benzene rings is 2. The second-order valence-corrected chi connectivity index (χ2v) is 8.05. The number of hydrogen-bond acceptors (Lipinski definition) is 3. The Morgan fingerprint density at radius 3 is 2.29 bits per heavy atom. The first-order valence-corrected chi connectivity index (χ1v) is 9.62. The molecule has 0 saturated carbocycles. The van der Waals surface area contributed by atoms with Gasteiger partial charge in [-0.05, 0) is 61.4 Å². The third-order valence-corrected chi connectivity index (χ3v) is 5.99.